The van der Waals surface area contributed by atoms with Crippen LogP contribution in [-0.2, 0) is 5.75 Å². The van der Waals surface area contributed by atoms with Crippen LogP contribution in [0.4, 0.5) is 0 Å². The number of halogens is 1. The molecule has 0 fully saturated rings. The number of thioether (sulfide) groups is 1. The van der Waals surface area contributed by atoms with Crippen LogP contribution < -0.4 is 0 Å². The molecule has 0 saturated heterocycles. The molecule has 32 heavy (non-hydrogen) atoms. The maximum Gasteiger partial charge on any atom is 0.196 e. The van der Waals surface area contributed by atoms with Crippen LogP contribution in [0.2, 0.25) is 5.02 Å². The fraction of sp³-hybridized carbons (Fsp3) is 0.167. The maximum absolute atomic E-state index is 6.11. The van der Waals surface area contributed by atoms with E-state index >= 15 is 0 Å². The molecular weight excluding hydrogens is 440 g/mol. The Morgan fingerprint density at radius 2 is 1.88 bits per heavy atom. The number of aromatic nitrogens is 6. The fourth-order valence-electron chi connectivity index (χ4n) is 3.67. The molecule has 8 heteroatoms. The second-order valence-corrected chi connectivity index (χ2v) is 9.11. The number of para-hydroxylation sites is 1. The van der Waals surface area contributed by atoms with E-state index in [4.69, 9.17) is 16.6 Å². The van der Waals surface area contributed by atoms with E-state index in [0.717, 1.165) is 33.6 Å². The van der Waals surface area contributed by atoms with Crippen molar-refractivity contribution in [2.24, 2.45) is 0 Å². The lowest BCUT2D eigenvalue weighted by molar-refractivity contribution is 0.818. The summed E-state index contributed by atoms with van der Waals surface area (Å²) >= 11 is 7.72. The van der Waals surface area contributed by atoms with Crippen LogP contribution in [-0.4, -0.2) is 29.1 Å². The second-order valence-electron chi connectivity index (χ2n) is 7.73. The highest BCUT2D eigenvalue weighted by molar-refractivity contribution is 7.98. The zero-order valence-electron chi connectivity index (χ0n) is 17.7. The SMILES string of the molecule is CC(C)c1ccccc1-n1c(SCc2cn3cc(Cl)ccc3n2)nnc1-c1cccnc1. The van der Waals surface area contributed by atoms with Crippen LogP contribution in [0, 0.1) is 0 Å². The lowest BCUT2D eigenvalue weighted by Crippen LogP contribution is -2.05. The lowest BCUT2D eigenvalue weighted by atomic mass is 10.0. The van der Waals surface area contributed by atoms with Gasteiger partial charge in [0.1, 0.15) is 5.65 Å². The normalized spacial score (nSPS) is 11.5. The van der Waals surface area contributed by atoms with Crippen LogP contribution >= 0.6 is 23.4 Å². The van der Waals surface area contributed by atoms with Gasteiger partial charge in [0.15, 0.2) is 11.0 Å². The van der Waals surface area contributed by atoms with Gasteiger partial charge in [-0.15, -0.1) is 10.2 Å². The number of imidazole rings is 1. The molecule has 160 valence electrons. The maximum atomic E-state index is 6.11. The van der Waals surface area contributed by atoms with E-state index in [1.54, 1.807) is 18.0 Å². The molecule has 0 aliphatic carbocycles. The van der Waals surface area contributed by atoms with Crippen molar-refractivity contribution < 1.29 is 0 Å². The Morgan fingerprint density at radius 1 is 1.00 bits per heavy atom. The van der Waals surface area contributed by atoms with Gasteiger partial charge in [0, 0.05) is 36.1 Å². The first-order valence-corrected chi connectivity index (χ1v) is 11.7. The summed E-state index contributed by atoms with van der Waals surface area (Å²) in [6.45, 7) is 4.39. The van der Waals surface area contributed by atoms with E-state index in [9.17, 15) is 0 Å². The molecule has 0 saturated carbocycles. The highest BCUT2D eigenvalue weighted by Crippen LogP contribution is 2.33. The van der Waals surface area contributed by atoms with Gasteiger partial charge in [0.05, 0.1) is 16.4 Å². The molecule has 0 spiro atoms. The van der Waals surface area contributed by atoms with Crippen molar-refractivity contribution in [2.75, 3.05) is 0 Å². The molecule has 4 aromatic heterocycles. The van der Waals surface area contributed by atoms with E-state index in [0.29, 0.717) is 16.7 Å². The Morgan fingerprint density at radius 3 is 2.69 bits per heavy atom. The summed E-state index contributed by atoms with van der Waals surface area (Å²) in [4.78, 5) is 8.97. The van der Waals surface area contributed by atoms with E-state index < -0.39 is 0 Å². The number of hydrogen-bond donors (Lipinski definition) is 0. The number of hydrogen-bond acceptors (Lipinski definition) is 5. The quantitative estimate of drug-likeness (QED) is 0.289. The molecule has 5 aromatic rings. The van der Waals surface area contributed by atoms with Crippen LogP contribution in [0.5, 0.6) is 0 Å². The molecule has 0 unspecified atom stereocenters. The number of benzene rings is 1. The predicted molar refractivity (Wildman–Crippen MR) is 128 cm³/mol. The van der Waals surface area contributed by atoms with Gasteiger partial charge in [-0.05, 0) is 41.8 Å². The zero-order valence-corrected chi connectivity index (χ0v) is 19.3. The molecule has 0 aliphatic rings. The molecule has 6 nitrogen and oxygen atoms in total. The Bertz CT molecular complexity index is 1380. The van der Waals surface area contributed by atoms with E-state index in [1.807, 2.05) is 47.3 Å². The van der Waals surface area contributed by atoms with E-state index in [1.165, 1.54) is 5.56 Å². The van der Waals surface area contributed by atoms with Crippen molar-refractivity contribution in [2.45, 2.75) is 30.7 Å². The van der Waals surface area contributed by atoms with Crippen molar-refractivity contribution in [1.82, 2.24) is 29.1 Å². The van der Waals surface area contributed by atoms with Gasteiger partial charge in [-0.25, -0.2) is 4.98 Å². The summed E-state index contributed by atoms with van der Waals surface area (Å²) in [5.41, 5.74) is 5.06. The number of nitrogens with zero attached hydrogens (tertiary/aromatic N) is 6. The average molecular weight is 461 g/mol. The third-order valence-electron chi connectivity index (χ3n) is 5.17. The lowest BCUT2D eigenvalue weighted by Gasteiger charge is -2.16. The first-order chi connectivity index (χ1) is 15.6. The molecule has 4 heterocycles. The molecule has 0 N–H and O–H groups in total. The van der Waals surface area contributed by atoms with Gasteiger partial charge in [0.25, 0.3) is 0 Å². The molecule has 0 radical (unpaired) electrons. The topological polar surface area (TPSA) is 60.9 Å². The number of pyridine rings is 2. The largest absolute Gasteiger partial charge is 0.305 e. The number of fused-ring (bicyclic) bond motifs is 1. The van der Waals surface area contributed by atoms with Crippen molar-refractivity contribution >= 4 is 29.0 Å². The van der Waals surface area contributed by atoms with E-state index in [2.05, 4.69) is 57.9 Å². The fourth-order valence-corrected chi connectivity index (χ4v) is 4.66. The molecule has 1 aromatic carbocycles. The molecule has 0 bridgehead atoms. The van der Waals surface area contributed by atoms with Crippen molar-refractivity contribution in [3.63, 3.8) is 0 Å². The summed E-state index contributed by atoms with van der Waals surface area (Å²) in [6, 6.07) is 16.1. The van der Waals surface area contributed by atoms with Crippen LogP contribution in [0.15, 0.2) is 78.5 Å². The minimum absolute atomic E-state index is 0.358. The summed E-state index contributed by atoms with van der Waals surface area (Å²) < 4.78 is 4.07. The zero-order chi connectivity index (χ0) is 22.1. The molecular formula is C24H21ClN6S. The third-order valence-corrected chi connectivity index (χ3v) is 6.35. The highest BCUT2D eigenvalue weighted by atomic mass is 35.5. The van der Waals surface area contributed by atoms with Gasteiger partial charge in [0.2, 0.25) is 0 Å². The minimum atomic E-state index is 0.358. The summed E-state index contributed by atoms with van der Waals surface area (Å²) in [5, 5.41) is 10.6. The Balaban J connectivity index is 1.56. The summed E-state index contributed by atoms with van der Waals surface area (Å²) in [6.07, 6.45) is 7.44. The van der Waals surface area contributed by atoms with Crippen LogP contribution in [0.3, 0.4) is 0 Å². The monoisotopic (exact) mass is 460 g/mol. The second kappa shape index (κ2) is 8.76. The minimum Gasteiger partial charge on any atom is -0.305 e. The third kappa shape index (κ3) is 4.01. The first-order valence-electron chi connectivity index (χ1n) is 10.3. The Hall–Kier alpha value is -3.16. The molecule has 0 aliphatic heterocycles. The van der Waals surface area contributed by atoms with Gasteiger partial charge in [-0.2, -0.15) is 0 Å². The Labute approximate surface area is 195 Å². The van der Waals surface area contributed by atoms with Crippen LogP contribution in [0.25, 0.3) is 22.7 Å². The smallest absolute Gasteiger partial charge is 0.196 e. The predicted octanol–water partition coefficient (Wildman–Crippen LogP) is 6.05. The van der Waals surface area contributed by atoms with Gasteiger partial charge >= 0.3 is 0 Å². The summed E-state index contributed by atoms with van der Waals surface area (Å²) in [5.74, 6) is 1.79. The standard InChI is InChI=1S/C24H21ClN6S/c1-16(2)20-7-3-4-8-21(20)31-23(17-6-5-11-26-12-17)28-29-24(31)32-15-19-14-30-13-18(25)9-10-22(30)27-19/h3-14,16H,15H2,1-2H3. The first kappa shape index (κ1) is 20.7. The van der Waals surface area contributed by atoms with Gasteiger partial charge < -0.3 is 4.40 Å². The molecule has 0 amide bonds. The average Bonchev–Trinajstić information content (AvgIpc) is 3.41. The number of rotatable bonds is 6. The van der Waals surface area contributed by atoms with E-state index in [-0.39, 0.29) is 0 Å². The summed E-state index contributed by atoms with van der Waals surface area (Å²) in [7, 11) is 0. The van der Waals surface area contributed by atoms with Crippen LogP contribution in [0.1, 0.15) is 31.0 Å². The Kier molecular flexibility index (Phi) is 5.68. The van der Waals surface area contributed by atoms with Crippen molar-refractivity contribution in [3.8, 4) is 17.1 Å². The highest BCUT2D eigenvalue weighted by Gasteiger charge is 2.20. The molecule has 5 rings (SSSR count). The molecule has 0 atom stereocenters. The van der Waals surface area contributed by atoms with Crippen molar-refractivity contribution in [1.29, 1.82) is 0 Å². The van der Waals surface area contributed by atoms with Gasteiger partial charge in [-0.1, -0.05) is 55.4 Å². The van der Waals surface area contributed by atoms with Crippen molar-refractivity contribution in [3.05, 3.63) is 89.6 Å². The van der Waals surface area contributed by atoms with Gasteiger partial charge in [-0.3, -0.25) is 9.55 Å².